The average molecular weight is 279 g/mol. The molecular weight excluding hydrogens is 257 g/mol. The fourth-order valence-corrected chi connectivity index (χ4v) is 2.80. The molecule has 4 N–H and O–H groups in total. The third kappa shape index (κ3) is 3.48. The minimum atomic E-state index is -0.333. The fourth-order valence-electron chi connectivity index (χ4n) is 2.80. The van der Waals surface area contributed by atoms with E-state index < -0.39 is 0 Å². The van der Waals surface area contributed by atoms with Gasteiger partial charge in [0.2, 0.25) is 0 Å². The van der Waals surface area contributed by atoms with Crippen LogP contribution in [0.5, 0.6) is 0 Å². The van der Waals surface area contributed by atoms with Crippen LogP contribution in [0.3, 0.4) is 0 Å². The van der Waals surface area contributed by atoms with Crippen LogP contribution in [0.25, 0.3) is 0 Å². The predicted octanol–water partition coefficient (Wildman–Crippen LogP) is 2.59. The Morgan fingerprint density at radius 1 is 1.50 bits per heavy atom. The Morgan fingerprint density at radius 3 is 2.80 bits per heavy atom. The molecule has 0 aliphatic heterocycles. The molecule has 0 saturated heterocycles. The van der Waals surface area contributed by atoms with Crippen LogP contribution in [0.1, 0.15) is 43.7 Å². The first-order valence-electron chi connectivity index (χ1n) is 7.11. The maximum Gasteiger partial charge on any atom is 0.170 e. The second-order valence-corrected chi connectivity index (χ2v) is 5.51. The van der Waals surface area contributed by atoms with Gasteiger partial charge in [-0.25, -0.2) is 4.39 Å². The number of halogens is 1. The number of rotatable bonds is 5. The Hall–Kier alpha value is -1.62. The maximum absolute atomic E-state index is 13.9. The molecule has 0 radical (unpaired) electrons. The molecule has 0 heterocycles. The third-order valence-electron chi connectivity index (χ3n) is 4.18. The van der Waals surface area contributed by atoms with Crippen molar-refractivity contribution in [3.05, 3.63) is 35.1 Å². The summed E-state index contributed by atoms with van der Waals surface area (Å²) in [7, 11) is 0. The Bertz CT molecular complexity index is 484. The van der Waals surface area contributed by atoms with Crippen molar-refractivity contribution in [2.24, 2.45) is 16.8 Å². The molecule has 0 unspecified atom stereocenters. The van der Waals surface area contributed by atoms with E-state index in [1.54, 1.807) is 12.1 Å². The predicted molar refractivity (Wildman–Crippen MR) is 77.2 cm³/mol. The van der Waals surface area contributed by atoms with E-state index in [2.05, 4.69) is 17.4 Å². The van der Waals surface area contributed by atoms with Gasteiger partial charge in [0.1, 0.15) is 5.82 Å². The van der Waals surface area contributed by atoms with Crippen LogP contribution in [0, 0.1) is 11.7 Å². The molecule has 1 aliphatic carbocycles. The van der Waals surface area contributed by atoms with Gasteiger partial charge in [-0.1, -0.05) is 30.1 Å². The number of nitrogens with one attached hydrogen (secondary N) is 1. The van der Waals surface area contributed by atoms with Crippen molar-refractivity contribution < 1.29 is 9.60 Å². The summed E-state index contributed by atoms with van der Waals surface area (Å²) < 4.78 is 13.9. The van der Waals surface area contributed by atoms with Crippen LogP contribution in [0.15, 0.2) is 23.4 Å². The summed E-state index contributed by atoms with van der Waals surface area (Å²) in [6.45, 7) is 2.67. The highest BCUT2D eigenvalue weighted by Gasteiger charge is 2.21. The van der Waals surface area contributed by atoms with E-state index in [4.69, 9.17) is 10.9 Å². The summed E-state index contributed by atoms with van der Waals surface area (Å²) in [5.41, 5.74) is 6.42. The largest absolute Gasteiger partial charge is 0.409 e. The lowest BCUT2D eigenvalue weighted by atomic mass is 9.99. The summed E-state index contributed by atoms with van der Waals surface area (Å²) in [6.07, 6.45) is 5.14. The summed E-state index contributed by atoms with van der Waals surface area (Å²) in [6, 6.07) is 5.04. The quantitative estimate of drug-likeness (QED) is 0.336. The van der Waals surface area contributed by atoms with E-state index in [1.807, 2.05) is 0 Å². The molecule has 1 atom stereocenters. The molecule has 0 amide bonds. The van der Waals surface area contributed by atoms with Crippen LogP contribution in [-0.2, 0) is 6.54 Å². The van der Waals surface area contributed by atoms with Crippen LogP contribution in [-0.4, -0.2) is 17.1 Å². The number of oxime groups is 1. The van der Waals surface area contributed by atoms with Crippen molar-refractivity contribution in [1.29, 1.82) is 0 Å². The number of nitrogens with zero attached hydrogens (tertiary/aromatic N) is 1. The molecule has 2 rings (SSSR count). The van der Waals surface area contributed by atoms with Gasteiger partial charge in [-0.15, -0.1) is 0 Å². The Balaban J connectivity index is 1.96. The molecule has 1 aliphatic rings. The van der Waals surface area contributed by atoms with Gasteiger partial charge in [-0.05, 0) is 31.7 Å². The molecule has 0 spiro atoms. The van der Waals surface area contributed by atoms with E-state index in [9.17, 15) is 4.39 Å². The second-order valence-electron chi connectivity index (χ2n) is 5.51. The number of hydrogen-bond donors (Lipinski definition) is 3. The lowest BCUT2D eigenvalue weighted by Crippen LogP contribution is -2.32. The lowest BCUT2D eigenvalue weighted by Gasteiger charge is -2.20. The molecule has 0 aromatic heterocycles. The van der Waals surface area contributed by atoms with Crippen molar-refractivity contribution in [3.63, 3.8) is 0 Å². The van der Waals surface area contributed by atoms with Crippen molar-refractivity contribution in [3.8, 4) is 0 Å². The van der Waals surface area contributed by atoms with Crippen LogP contribution >= 0.6 is 0 Å². The standard InChI is InChI=1S/C15H22FN3O/c1-10(11-4-2-3-5-11)18-9-13-7-6-12(8-14(13)16)15(17)19-20/h6-8,10-11,18,20H,2-5,9H2,1H3,(H2,17,19)/t10-/m0/s1. The highest BCUT2D eigenvalue weighted by Crippen LogP contribution is 2.27. The zero-order chi connectivity index (χ0) is 14.5. The van der Waals surface area contributed by atoms with Gasteiger partial charge in [0, 0.05) is 23.7 Å². The molecule has 20 heavy (non-hydrogen) atoms. The molecule has 1 saturated carbocycles. The van der Waals surface area contributed by atoms with Gasteiger partial charge in [-0.2, -0.15) is 0 Å². The summed E-state index contributed by atoms with van der Waals surface area (Å²) in [4.78, 5) is 0. The van der Waals surface area contributed by atoms with Crippen molar-refractivity contribution >= 4 is 5.84 Å². The first kappa shape index (κ1) is 14.8. The molecule has 1 fully saturated rings. The SMILES string of the molecule is C[C@H](NCc1ccc(/C(N)=N/O)cc1F)C1CCCC1. The number of amidine groups is 1. The number of nitrogens with two attached hydrogens (primary N) is 1. The minimum absolute atomic E-state index is 0.0808. The van der Waals surface area contributed by atoms with Crippen molar-refractivity contribution in [1.82, 2.24) is 5.32 Å². The highest BCUT2D eigenvalue weighted by molar-refractivity contribution is 5.97. The topological polar surface area (TPSA) is 70.6 Å². The normalized spacial score (nSPS) is 18.4. The first-order chi connectivity index (χ1) is 9.61. The van der Waals surface area contributed by atoms with E-state index in [-0.39, 0.29) is 11.7 Å². The Labute approximate surface area is 118 Å². The lowest BCUT2D eigenvalue weighted by molar-refractivity contribution is 0.318. The summed E-state index contributed by atoms with van der Waals surface area (Å²) in [5.74, 6) is 0.289. The monoisotopic (exact) mass is 279 g/mol. The van der Waals surface area contributed by atoms with E-state index in [0.717, 1.165) is 0 Å². The molecule has 1 aromatic carbocycles. The van der Waals surface area contributed by atoms with Crippen molar-refractivity contribution in [2.45, 2.75) is 45.2 Å². The van der Waals surface area contributed by atoms with Crippen molar-refractivity contribution in [2.75, 3.05) is 0 Å². The first-order valence-corrected chi connectivity index (χ1v) is 7.11. The van der Waals surface area contributed by atoms with Gasteiger partial charge < -0.3 is 16.3 Å². The minimum Gasteiger partial charge on any atom is -0.409 e. The average Bonchev–Trinajstić information content (AvgIpc) is 2.99. The Kier molecular flexibility index (Phi) is 4.95. The van der Waals surface area contributed by atoms with E-state index in [1.165, 1.54) is 31.7 Å². The molecule has 4 nitrogen and oxygen atoms in total. The van der Waals surface area contributed by atoms with Gasteiger partial charge in [0.05, 0.1) is 0 Å². The van der Waals surface area contributed by atoms with Crippen LogP contribution < -0.4 is 11.1 Å². The molecule has 1 aromatic rings. The van der Waals surface area contributed by atoms with Gasteiger partial charge in [0.25, 0.3) is 0 Å². The maximum atomic E-state index is 13.9. The zero-order valence-corrected chi connectivity index (χ0v) is 11.8. The Morgan fingerprint density at radius 2 is 2.20 bits per heavy atom. The number of benzene rings is 1. The van der Waals surface area contributed by atoms with Gasteiger partial charge >= 0.3 is 0 Å². The molecule has 5 heteroatoms. The van der Waals surface area contributed by atoms with Gasteiger partial charge in [-0.3, -0.25) is 0 Å². The highest BCUT2D eigenvalue weighted by atomic mass is 19.1. The molecule has 110 valence electrons. The zero-order valence-electron chi connectivity index (χ0n) is 11.8. The van der Waals surface area contributed by atoms with Crippen LogP contribution in [0.2, 0.25) is 0 Å². The van der Waals surface area contributed by atoms with Gasteiger partial charge in [0.15, 0.2) is 5.84 Å². The fraction of sp³-hybridized carbons (Fsp3) is 0.533. The van der Waals surface area contributed by atoms with E-state index >= 15 is 0 Å². The summed E-state index contributed by atoms with van der Waals surface area (Å²) in [5, 5.41) is 14.8. The third-order valence-corrected chi connectivity index (χ3v) is 4.18. The van der Waals surface area contributed by atoms with Crippen LogP contribution in [0.4, 0.5) is 4.39 Å². The smallest absolute Gasteiger partial charge is 0.170 e. The second kappa shape index (κ2) is 6.70. The molecular formula is C15H22FN3O. The van der Waals surface area contributed by atoms with E-state index in [0.29, 0.717) is 29.6 Å². The number of hydrogen-bond acceptors (Lipinski definition) is 3. The summed E-state index contributed by atoms with van der Waals surface area (Å²) >= 11 is 0. The molecule has 0 bridgehead atoms.